The Balaban J connectivity index is 2.17. The van der Waals surface area contributed by atoms with Crippen molar-refractivity contribution < 1.29 is 22.9 Å². The van der Waals surface area contributed by atoms with Gasteiger partial charge in [0.05, 0.1) is 4.92 Å². The second-order valence-electron chi connectivity index (χ2n) is 4.29. The predicted molar refractivity (Wildman–Crippen MR) is 67.5 cm³/mol. The van der Waals surface area contributed by atoms with Crippen LogP contribution in [-0.4, -0.2) is 25.5 Å². The third-order valence-electron chi connectivity index (χ3n) is 2.90. The number of hydrogen-bond donors (Lipinski definition) is 1. The van der Waals surface area contributed by atoms with Crippen molar-refractivity contribution in [1.82, 2.24) is 4.72 Å². The van der Waals surface area contributed by atoms with Crippen LogP contribution in [0.4, 0.5) is 10.5 Å². The Bertz CT molecular complexity index is 638. The van der Waals surface area contributed by atoms with Crippen LogP contribution in [0.1, 0.15) is 19.3 Å². The second-order valence-corrected chi connectivity index (χ2v) is 5.94. The highest BCUT2D eigenvalue weighted by Crippen LogP contribution is 2.24. The quantitative estimate of drug-likeness (QED) is 0.666. The fourth-order valence-electron chi connectivity index (χ4n) is 1.66. The van der Waals surface area contributed by atoms with Gasteiger partial charge in [-0.1, -0.05) is 12.1 Å². The van der Waals surface area contributed by atoms with E-state index in [9.17, 15) is 23.3 Å². The molecule has 1 aromatic carbocycles. The number of para-hydroxylation sites is 1. The highest BCUT2D eigenvalue weighted by atomic mass is 32.2. The zero-order valence-corrected chi connectivity index (χ0v) is 11.1. The number of sulfonamides is 1. The first-order valence-electron chi connectivity index (χ1n) is 5.87. The van der Waals surface area contributed by atoms with E-state index in [0.717, 1.165) is 18.6 Å². The third kappa shape index (κ3) is 3.05. The molecule has 20 heavy (non-hydrogen) atoms. The van der Waals surface area contributed by atoms with Crippen molar-refractivity contribution in [3.8, 4) is 0 Å². The Hall–Kier alpha value is -2.16. The van der Waals surface area contributed by atoms with Crippen LogP contribution in [-0.2, 0) is 14.8 Å². The van der Waals surface area contributed by atoms with Crippen LogP contribution >= 0.6 is 0 Å². The van der Waals surface area contributed by atoms with Crippen molar-refractivity contribution in [2.45, 2.75) is 30.3 Å². The fourth-order valence-corrected chi connectivity index (χ4v) is 2.72. The van der Waals surface area contributed by atoms with E-state index in [2.05, 4.69) is 0 Å². The topological polar surface area (TPSA) is 116 Å². The zero-order chi connectivity index (χ0) is 14.8. The van der Waals surface area contributed by atoms with Gasteiger partial charge in [0, 0.05) is 6.07 Å². The first-order chi connectivity index (χ1) is 9.40. The molecule has 0 radical (unpaired) electrons. The van der Waals surface area contributed by atoms with Crippen LogP contribution in [0.5, 0.6) is 0 Å². The molecule has 1 amide bonds. The molecule has 0 atom stereocenters. The van der Waals surface area contributed by atoms with E-state index in [1.807, 2.05) is 0 Å². The molecule has 0 saturated heterocycles. The van der Waals surface area contributed by atoms with E-state index in [-0.39, 0.29) is 6.10 Å². The van der Waals surface area contributed by atoms with Crippen LogP contribution < -0.4 is 4.72 Å². The van der Waals surface area contributed by atoms with E-state index in [1.54, 1.807) is 4.72 Å². The summed E-state index contributed by atoms with van der Waals surface area (Å²) in [6.45, 7) is 0. The maximum Gasteiger partial charge on any atom is 0.421 e. The summed E-state index contributed by atoms with van der Waals surface area (Å²) < 4.78 is 30.4. The van der Waals surface area contributed by atoms with Gasteiger partial charge in [-0.25, -0.2) is 17.9 Å². The monoisotopic (exact) mass is 300 g/mol. The molecule has 0 spiro atoms. The lowest BCUT2D eigenvalue weighted by molar-refractivity contribution is -0.387. The molecule has 0 heterocycles. The predicted octanol–water partition coefficient (Wildman–Crippen LogP) is 1.56. The van der Waals surface area contributed by atoms with Gasteiger partial charge in [-0.3, -0.25) is 10.1 Å². The zero-order valence-electron chi connectivity index (χ0n) is 10.3. The van der Waals surface area contributed by atoms with Gasteiger partial charge >= 0.3 is 6.09 Å². The number of nitro groups is 1. The Kier molecular flexibility index (Phi) is 3.89. The van der Waals surface area contributed by atoms with Gasteiger partial charge < -0.3 is 4.74 Å². The van der Waals surface area contributed by atoms with Crippen molar-refractivity contribution in [3.05, 3.63) is 34.4 Å². The Morgan fingerprint density at radius 3 is 2.55 bits per heavy atom. The van der Waals surface area contributed by atoms with Crippen molar-refractivity contribution >= 4 is 21.8 Å². The molecule has 1 aromatic rings. The standard InChI is InChI=1S/C11H12N2O6S/c14-11(19-8-4-3-5-8)12-20(17,18)10-7-2-1-6-9(10)13(15)16/h1-2,6-8H,3-5H2,(H,12,14). The Morgan fingerprint density at radius 2 is 2.00 bits per heavy atom. The minimum Gasteiger partial charge on any atom is -0.446 e. The SMILES string of the molecule is O=C(NS(=O)(=O)c1ccccc1[N+](=O)[O-])OC1CCC1. The van der Waals surface area contributed by atoms with Gasteiger partial charge in [0.1, 0.15) is 6.10 Å². The first kappa shape index (κ1) is 14.3. The molecule has 1 N–H and O–H groups in total. The molecule has 1 aliphatic carbocycles. The summed E-state index contributed by atoms with van der Waals surface area (Å²) in [6.07, 6.45) is 0.913. The van der Waals surface area contributed by atoms with Crippen LogP contribution in [0.25, 0.3) is 0 Å². The van der Waals surface area contributed by atoms with Gasteiger partial charge in [-0.05, 0) is 25.3 Å². The fraction of sp³-hybridized carbons (Fsp3) is 0.364. The molecule has 0 aliphatic heterocycles. The minimum absolute atomic E-state index is 0.282. The molecule has 2 rings (SSSR count). The van der Waals surface area contributed by atoms with Gasteiger partial charge in [0.25, 0.3) is 15.7 Å². The summed E-state index contributed by atoms with van der Waals surface area (Å²) >= 11 is 0. The average Bonchev–Trinajstić information content (AvgIpc) is 2.33. The number of nitro benzene ring substituents is 1. The molecule has 0 aromatic heterocycles. The lowest BCUT2D eigenvalue weighted by Crippen LogP contribution is -2.36. The van der Waals surface area contributed by atoms with E-state index in [1.165, 1.54) is 12.1 Å². The number of nitrogens with one attached hydrogen (secondary N) is 1. The number of ether oxygens (including phenoxy) is 1. The first-order valence-corrected chi connectivity index (χ1v) is 7.35. The normalized spacial score (nSPS) is 15.2. The van der Waals surface area contributed by atoms with Gasteiger partial charge in [-0.2, -0.15) is 0 Å². The van der Waals surface area contributed by atoms with Crippen molar-refractivity contribution in [3.63, 3.8) is 0 Å². The molecule has 0 unspecified atom stereocenters. The largest absolute Gasteiger partial charge is 0.446 e. The molecule has 108 valence electrons. The molecule has 1 saturated carbocycles. The summed E-state index contributed by atoms with van der Waals surface area (Å²) in [5, 5.41) is 10.8. The molecule has 9 heteroatoms. The van der Waals surface area contributed by atoms with Crippen LogP contribution in [0, 0.1) is 10.1 Å². The van der Waals surface area contributed by atoms with Crippen LogP contribution in [0.3, 0.4) is 0 Å². The van der Waals surface area contributed by atoms with E-state index >= 15 is 0 Å². The number of amides is 1. The highest BCUT2D eigenvalue weighted by Gasteiger charge is 2.29. The highest BCUT2D eigenvalue weighted by molar-refractivity contribution is 7.90. The number of carbonyl (C=O) groups excluding carboxylic acids is 1. The maximum atomic E-state index is 11.9. The molecular weight excluding hydrogens is 288 g/mol. The van der Waals surface area contributed by atoms with Crippen LogP contribution in [0.15, 0.2) is 29.2 Å². The van der Waals surface area contributed by atoms with Crippen molar-refractivity contribution in [2.75, 3.05) is 0 Å². The van der Waals surface area contributed by atoms with Gasteiger partial charge in [-0.15, -0.1) is 0 Å². The molecule has 0 bridgehead atoms. The van der Waals surface area contributed by atoms with E-state index < -0.39 is 31.6 Å². The summed E-state index contributed by atoms with van der Waals surface area (Å²) in [5.74, 6) is 0. The second kappa shape index (κ2) is 5.45. The number of rotatable bonds is 4. The van der Waals surface area contributed by atoms with E-state index in [4.69, 9.17) is 4.74 Å². The summed E-state index contributed by atoms with van der Waals surface area (Å²) in [6, 6.07) is 4.77. The molecule has 1 aliphatic rings. The minimum atomic E-state index is -4.33. The van der Waals surface area contributed by atoms with Crippen molar-refractivity contribution in [2.24, 2.45) is 0 Å². The average molecular weight is 300 g/mol. The Labute approximate surface area is 114 Å². The smallest absolute Gasteiger partial charge is 0.421 e. The summed E-state index contributed by atoms with van der Waals surface area (Å²) in [5.41, 5.74) is -0.601. The van der Waals surface area contributed by atoms with E-state index in [0.29, 0.717) is 12.8 Å². The summed E-state index contributed by atoms with van der Waals surface area (Å²) in [4.78, 5) is 20.8. The molecule has 8 nitrogen and oxygen atoms in total. The lowest BCUT2D eigenvalue weighted by Gasteiger charge is -2.24. The Morgan fingerprint density at radius 1 is 1.35 bits per heavy atom. The summed E-state index contributed by atoms with van der Waals surface area (Å²) in [7, 11) is -4.33. The third-order valence-corrected chi connectivity index (χ3v) is 4.25. The number of carbonyl (C=O) groups is 1. The van der Waals surface area contributed by atoms with Crippen LogP contribution in [0.2, 0.25) is 0 Å². The number of nitrogens with zero attached hydrogens (tertiary/aromatic N) is 1. The number of hydrogen-bond acceptors (Lipinski definition) is 6. The van der Waals surface area contributed by atoms with Crippen molar-refractivity contribution in [1.29, 1.82) is 0 Å². The van der Waals surface area contributed by atoms with Gasteiger partial charge in [0.2, 0.25) is 0 Å². The van der Waals surface area contributed by atoms with Gasteiger partial charge in [0.15, 0.2) is 4.90 Å². The lowest BCUT2D eigenvalue weighted by atomic mass is 9.96. The number of benzene rings is 1. The molecule has 1 fully saturated rings. The maximum absolute atomic E-state index is 11.9. The molecular formula is C11H12N2O6S.